The summed E-state index contributed by atoms with van der Waals surface area (Å²) in [5.41, 5.74) is 0.519. The first-order valence-electron chi connectivity index (χ1n) is 6.46. The van der Waals surface area contributed by atoms with E-state index in [9.17, 15) is 14.4 Å². The Morgan fingerprint density at radius 1 is 1.40 bits per heavy atom. The minimum absolute atomic E-state index is 0.0475. The molecule has 7 nitrogen and oxygen atoms in total. The van der Waals surface area contributed by atoms with Crippen molar-refractivity contribution < 1.29 is 14.4 Å². The molecule has 0 bridgehead atoms. The molecule has 2 aliphatic heterocycles. The highest BCUT2D eigenvalue weighted by Crippen LogP contribution is 2.19. The number of urea groups is 1. The van der Waals surface area contributed by atoms with Crippen molar-refractivity contribution in [3.05, 3.63) is 30.1 Å². The Morgan fingerprint density at radius 2 is 2.25 bits per heavy atom. The molecule has 0 spiro atoms. The predicted molar refractivity (Wildman–Crippen MR) is 68.8 cm³/mol. The van der Waals surface area contributed by atoms with E-state index in [1.165, 1.54) is 11.1 Å². The second-order valence-electron chi connectivity index (χ2n) is 4.86. The number of nitrogens with one attached hydrogen (secondary N) is 1. The maximum absolute atomic E-state index is 12.3. The summed E-state index contributed by atoms with van der Waals surface area (Å²) in [4.78, 5) is 42.3. The Balaban J connectivity index is 1.69. The maximum atomic E-state index is 12.3. The Hall–Kier alpha value is -2.44. The predicted octanol–water partition coefficient (Wildman–Crippen LogP) is -0.152. The minimum Gasteiger partial charge on any atom is -0.336 e. The van der Waals surface area contributed by atoms with Gasteiger partial charge in [0.1, 0.15) is 0 Å². The average Bonchev–Trinajstić information content (AvgIpc) is 3.06. The van der Waals surface area contributed by atoms with Gasteiger partial charge in [-0.1, -0.05) is 0 Å². The van der Waals surface area contributed by atoms with E-state index in [1.54, 1.807) is 23.2 Å². The van der Waals surface area contributed by atoms with Crippen LogP contribution in [0.3, 0.4) is 0 Å². The quantitative estimate of drug-likeness (QED) is 0.760. The zero-order valence-electron chi connectivity index (χ0n) is 10.8. The van der Waals surface area contributed by atoms with E-state index in [0.717, 1.165) is 0 Å². The van der Waals surface area contributed by atoms with E-state index < -0.39 is 0 Å². The van der Waals surface area contributed by atoms with Crippen LogP contribution in [0.5, 0.6) is 0 Å². The topological polar surface area (TPSA) is 82.6 Å². The Morgan fingerprint density at radius 3 is 2.90 bits per heavy atom. The molecule has 1 aromatic rings. The van der Waals surface area contributed by atoms with Crippen LogP contribution >= 0.6 is 0 Å². The van der Waals surface area contributed by atoms with Gasteiger partial charge in [-0.2, -0.15) is 0 Å². The first kappa shape index (κ1) is 12.6. The molecule has 3 heterocycles. The molecule has 3 rings (SSSR count). The molecule has 0 aliphatic carbocycles. The summed E-state index contributed by atoms with van der Waals surface area (Å²) in [6, 6.07) is 2.82. The third-order valence-electron chi connectivity index (χ3n) is 3.60. The van der Waals surface area contributed by atoms with Crippen LogP contribution in [-0.4, -0.2) is 58.3 Å². The van der Waals surface area contributed by atoms with Gasteiger partial charge < -0.3 is 10.2 Å². The summed E-state index contributed by atoms with van der Waals surface area (Å²) in [5, 5.41) is 2.50. The van der Waals surface area contributed by atoms with Crippen LogP contribution < -0.4 is 5.32 Å². The largest absolute Gasteiger partial charge is 0.336 e. The zero-order chi connectivity index (χ0) is 14.1. The number of imide groups is 1. The second kappa shape index (κ2) is 4.92. The number of carbonyl (C=O) groups excluding carboxylic acids is 3. The van der Waals surface area contributed by atoms with E-state index in [1.807, 2.05) is 0 Å². The Kier molecular flexibility index (Phi) is 3.09. The maximum Gasteiger partial charge on any atom is 0.324 e. The van der Waals surface area contributed by atoms with E-state index >= 15 is 0 Å². The van der Waals surface area contributed by atoms with Crippen molar-refractivity contribution in [2.24, 2.45) is 0 Å². The van der Waals surface area contributed by atoms with Crippen LogP contribution in [0.25, 0.3) is 0 Å². The molecule has 1 aromatic heterocycles. The van der Waals surface area contributed by atoms with Gasteiger partial charge in [0.15, 0.2) is 0 Å². The fraction of sp³-hybridized carbons (Fsp3) is 0.385. The minimum atomic E-state index is -0.365. The van der Waals surface area contributed by atoms with Crippen LogP contribution in [0, 0.1) is 0 Å². The molecule has 2 saturated heterocycles. The number of aromatic nitrogens is 1. The van der Waals surface area contributed by atoms with Crippen molar-refractivity contribution in [2.75, 3.05) is 19.6 Å². The molecule has 1 atom stereocenters. The van der Waals surface area contributed by atoms with E-state index in [2.05, 4.69) is 10.3 Å². The number of hydrogen-bond acceptors (Lipinski definition) is 4. The number of carbonyl (C=O) groups is 3. The second-order valence-corrected chi connectivity index (χ2v) is 4.86. The molecular weight excluding hydrogens is 260 g/mol. The molecule has 20 heavy (non-hydrogen) atoms. The lowest BCUT2D eigenvalue weighted by Gasteiger charge is -2.21. The third kappa shape index (κ3) is 2.11. The molecule has 1 unspecified atom stereocenters. The zero-order valence-corrected chi connectivity index (χ0v) is 10.8. The Bertz CT molecular complexity index is 544. The molecule has 0 aromatic carbocycles. The molecule has 104 valence electrons. The summed E-state index contributed by atoms with van der Waals surface area (Å²) in [5.74, 6) is -0.344. The molecule has 0 saturated carbocycles. The van der Waals surface area contributed by atoms with Gasteiger partial charge in [0.2, 0.25) is 5.91 Å². The van der Waals surface area contributed by atoms with Crippen molar-refractivity contribution in [1.29, 1.82) is 0 Å². The number of likely N-dealkylation sites (tertiary alicyclic amines) is 1. The van der Waals surface area contributed by atoms with Gasteiger partial charge in [-0.05, 0) is 18.6 Å². The van der Waals surface area contributed by atoms with Gasteiger partial charge >= 0.3 is 6.03 Å². The lowest BCUT2D eigenvalue weighted by atomic mass is 10.2. The van der Waals surface area contributed by atoms with Crippen LogP contribution in [-0.2, 0) is 4.79 Å². The molecule has 2 fully saturated rings. The van der Waals surface area contributed by atoms with Gasteiger partial charge in [0.25, 0.3) is 5.91 Å². The first-order valence-corrected chi connectivity index (χ1v) is 6.46. The summed E-state index contributed by atoms with van der Waals surface area (Å²) in [7, 11) is 0. The normalized spacial score (nSPS) is 22.3. The highest BCUT2D eigenvalue weighted by atomic mass is 16.2. The van der Waals surface area contributed by atoms with Gasteiger partial charge in [-0.3, -0.25) is 19.5 Å². The van der Waals surface area contributed by atoms with Crippen LogP contribution in [0.2, 0.25) is 0 Å². The average molecular weight is 274 g/mol. The lowest BCUT2D eigenvalue weighted by Crippen LogP contribution is -2.42. The highest BCUT2D eigenvalue weighted by Gasteiger charge is 2.39. The van der Waals surface area contributed by atoms with Crippen LogP contribution in [0.4, 0.5) is 4.79 Å². The fourth-order valence-electron chi connectivity index (χ4n) is 2.61. The number of hydrogen-bond donors (Lipinski definition) is 1. The van der Waals surface area contributed by atoms with Crippen molar-refractivity contribution in [2.45, 2.75) is 12.5 Å². The van der Waals surface area contributed by atoms with Crippen molar-refractivity contribution in [3.63, 3.8) is 0 Å². The van der Waals surface area contributed by atoms with Crippen LogP contribution in [0.1, 0.15) is 16.8 Å². The van der Waals surface area contributed by atoms with Crippen molar-refractivity contribution >= 4 is 17.8 Å². The van der Waals surface area contributed by atoms with Crippen molar-refractivity contribution in [3.8, 4) is 0 Å². The summed E-state index contributed by atoms with van der Waals surface area (Å²) in [6.45, 7) is 0.966. The van der Waals surface area contributed by atoms with E-state index in [0.29, 0.717) is 25.1 Å². The highest BCUT2D eigenvalue weighted by molar-refractivity contribution is 6.02. The molecule has 4 amide bonds. The Labute approximate surface area is 115 Å². The smallest absolute Gasteiger partial charge is 0.324 e. The molecule has 0 radical (unpaired) electrons. The van der Waals surface area contributed by atoms with Crippen molar-refractivity contribution in [1.82, 2.24) is 20.1 Å². The summed E-state index contributed by atoms with van der Waals surface area (Å²) in [6.07, 6.45) is 3.74. The summed E-state index contributed by atoms with van der Waals surface area (Å²) >= 11 is 0. The molecule has 7 heteroatoms. The summed E-state index contributed by atoms with van der Waals surface area (Å²) < 4.78 is 0. The van der Waals surface area contributed by atoms with E-state index in [-0.39, 0.29) is 30.4 Å². The standard InChI is InChI=1S/C13H14N4O3/c18-11-7-15-13(20)17(11)10-3-5-16(8-10)12(19)9-2-1-4-14-6-9/h1-2,4,6,10H,3,5,7-8H2,(H,15,20). The molecule has 2 aliphatic rings. The van der Waals surface area contributed by atoms with Gasteiger partial charge in [-0.15, -0.1) is 0 Å². The molecule has 1 N–H and O–H groups in total. The fourth-order valence-corrected chi connectivity index (χ4v) is 2.61. The van der Waals surface area contributed by atoms with Gasteiger partial charge in [-0.25, -0.2) is 4.79 Å². The number of amides is 4. The monoisotopic (exact) mass is 274 g/mol. The van der Waals surface area contributed by atoms with Crippen LogP contribution in [0.15, 0.2) is 24.5 Å². The third-order valence-corrected chi connectivity index (χ3v) is 3.60. The van der Waals surface area contributed by atoms with Gasteiger partial charge in [0.05, 0.1) is 18.2 Å². The van der Waals surface area contributed by atoms with Gasteiger partial charge in [0, 0.05) is 25.5 Å². The first-order chi connectivity index (χ1) is 9.66. The lowest BCUT2D eigenvalue weighted by molar-refractivity contribution is -0.126. The number of rotatable bonds is 2. The molecular formula is C13H14N4O3. The number of pyridine rings is 1. The SMILES string of the molecule is O=C(c1cccnc1)N1CCC(N2C(=O)CNC2=O)C1. The van der Waals surface area contributed by atoms with E-state index in [4.69, 9.17) is 0 Å². The number of nitrogens with zero attached hydrogens (tertiary/aromatic N) is 3.